The first-order valence-electron chi connectivity index (χ1n) is 10.7. The second-order valence-electron chi connectivity index (χ2n) is 8.70. The summed E-state index contributed by atoms with van der Waals surface area (Å²) >= 11 is 0. The molecular weight excluding hydrogens is 344 g/mol. The normalized spacial score (nSPS) is 38.9. The van der Waals surface area contributed by atoms with Crippen molar-refractivity contribution in [3.05, 3.63) is 24.3 Å². The average molecular weight is 376 g/mol. The molecule has 5 nitrogen and oxygen atoms in total. The highest BCUT2D eigenvalue weighted by Crippen LogP contribution is 2.55. The van der Waals surface area contributed by atoms with Crippen LogP contribution >= 0.6 is 0 Å². The zero-order valence-corrected chi connectivity index (χ0v) is 15.9. The molecule has 1 saturated carbocycles. The van der Waals surface area contributed by atoms with Crippen molar-refractivity contribution in [3.63, 3.8) is 0 Å². The maximum absolute atomic E-state index is 10.6. The molecule has 3 aliphatic heterocycles. The smallest absolute Gasteiger partial charge is 0.303 e. The molecule has 7 atom stereocenters. The van der Waals surface area contributed by atoms with E-state index in [0.29, 0.717) is 24.2 Å². The summed E-state index contributed by atoms with van der Waals surface area (Å²) in [6, 6.07) is 0. The summed E-state index contributed by atoms with van der Waals surface area (Å²) in [6.07, 6.45) is 17.6. The molecule has 3 saturated heterocycles. The van der Waals surface area contributed by atoms with E-state index >= 15 is 0 Å². The minimum atomic E-state index is -0.733. The minimum absolute atomic E-state index is 0.139. The number of carboxylic acid groups (broad SMARTS) is 1. The van der Waals surface area contributed by atoms with Gasteiger partial charge in [-0.1, -0.05) is 50.0 Å². The SMILES string of the molecule is O=C(O)CCC/C=C\C[C@H]1[C@@H](/C=C/C(O)CC2CCCC2)[C@@H]2O[C@H]1[C@@H]1O[C@@H]12. The quantitative estimate of drug-likeness (QED) is 0.347. The highest BCUT2D eigenvalue weighted by atomic mass is 16.7. The number of unbranched alkanes of at least 4 members (excludes halogenated alkanes) is 1. The predicted octanol–water partition coefficient (Wildman–Crippen LogP) is 3.47. The van der Waals surface area contributed by atoms with Gasteiger partial charge in [-0.3, -0.25) is 4.79 Å². The van der Waals surface area contributed by atoms with E-state index in [2.05, 4.69) is 18.2 Å². The van der Waals surface area contributed by atoms with Crippen molar-refractivity contribution < 1.29 is 24.5 Å². The van der Waals surface area contributed by atoms with Crippen molar-refractivity contribution in [1.29, 1.82) is 0 Å². The standard InChI is InChI=1S/C22H32O5/c23-15(13-14-7-5-6-8-14)11-12-17-16(9-3-1-2-4-10-18(24)25)19-21-22(27-21)20(17)26-19/h1,3,11-12,14-17,19-23H,2,4-10,13H2,(H,24,25)/b3-1-,12-11+/t15?,16-,17+,19+,20-,21-,22+/m0/s1. The summed E-state index contributed by atoms with van der Waals surface area (Å²) in [5, 5.41) is 19.1. The summed E-state index contributed by atoms with van der Waals surface area (Å²) in [7, 11) is 0. The molecule has 2 bridgehead atoms. The number of allylic oxidation sites excluding steroid dienone is 2. The molecule has 2 N–H and O–H groups in total. The molecule has 4 fully saturated rings. The van der Waals surface area contributed by atoms with Gasteiger partial charge in [0.05, 0.1) is 18.3 Å². The fourth-order valence-corrected chi connectivity index (χ4v) is 5.33. The predicted molar refractivity (Wildman–Crippen MR) is 101 cm³/mol. The van der Waals surface area contributed by atoms with Crippen LogP contribution in [0.25, 0.3) is 0 Å². The number of hydrogen-bond acceptors (Lipinski definition) is 4. The second kappa shape index (κ2) is 8.46. The summed E-state index contributed by atoms with van der Waals surface area (Å²) < 4.78 is 11.9. The Morgan fingerprint density at radius 2 is 1.81 bits per heavy atom. The maximum Gasteiger partial charge on any atom is 0.303 e. The Morgan fingerprint density at radius 3 is 2.59 bits per heavy atom. The van der Waals surface area contributed by atoms with Gasteiger partial charge in [-0.2, -0.15) is 0 Å². The van der Waals surface area contributed by atoms with Crippen LogP contribution in [0, 0.1) is 17.8 Å². The maximum atomic E-state index is 10.6. The van der Waals surface area contributed by atoms with Crippen molar-refractivity contribution in [2.75, 3.05) is 0 Å². The number of carbonyl (C=O) groups is 1. The van der Waals surface area contributed by atoms with Gasteiger partial charge in [0.15, 0.2) is 0 Å². The molecule has 3 heterocycles. The van der Waals surface area contributed by atoms with Gasteiger partial charge in [-0.15, -0.1) is 0 Å². The summed E-state index contributed by atoms with van der Waals surface area (Å²) in [5.41, 5.74) is 0. The third kappa shape index (κ3) is 4.47. The Labute approximate surface area is 161 Å². The molecule has 4 aliphatic rings. The van der Waals surface area contributed by atoms with Crippen molar-refractivity contribution in [1.82, 2.24) is 0 Å². The molecule has 0 aromatic heterocycles. The number of aliphatic hydroxyl groups excluding tert-OH is 1. The van der Waals surface area contributed by atoms with E-state index in [0.717, 1.165) is 19.3 Å². The van der Waals surface area contributed by atoms with Gasteiger partial charge in [0, 0.05) is 18.3 Å². The van der Waals surface area contributed by atoms with E-state index in [1.807, 2.05) is 6.08 Å². The van der Waals surface area contributed by atoms with E-state index < -0.39 is 5.97 Å². The Balaban J connectivity index is 1.29. The first kappa shape index (κ1) is 19.2. The lowest BCUT2D eigenvalue weighted by molar-refractivity contribution is -0.137. The van der Waals surface area contributed by atoms with Crippen molar-refractivity contribution in [3.8, 4) is 0 Å². The zero-order valence-electron chi connectivity index (χ0n) is 15.9. The number of ether oxygens (including phenoxy) is 2. The van der Waals surface area contributed by atoms with Gasteiger partial charge in [0.1, 0.15) is 12.2 Å². The Bertz CT molecular complexity index is 579. The molecule has 0 radical (unpaired) electrons. The van der Waals surface area contributed by atoms with E-state index in [9.17, 15) is 9.90 Å². The van der Waals surface area contributed by atoms with Gasteiger partial charge in [0.25, 0.3) is 0 Å². The first-order chi connectivity index (χ1) is 13.1. The fraction of sp³-hybridized carbons (Fsp3) is 0.773. The van der Waals surface area contributed by atoms with Crippen LogP contribution in [0.5, 0.6) is 0 Å². The van der Waals surface area contributed by atoms with Crippen LogP contribution in [0.1, 0.15) is 57.8 Å². The third-order valence-corrected chi connectivity index (χ3v) is 6.76. The number of aliphatic hydroxyl groups is 1. The summed E-state index contributed by atoms with van der Waals surface area (Å²) in [5.74, 6) is 0.648. The molecule has 1 unspecified atom stereocenters. The molecule has 150 valence electrons. The lowest BCUT2D eigenvalue weighted by Crippen LogP contribution is -2.31. The molecule has 1 aliphatic carbocycles. The fourth-order valence-electron chi connectivity index (χ4n) is 5.33. The largest absolute Gasteiger partial charge is 0.481 e. The number of aliphatic carboxylic acids is 1. The van der Waals surface area contributed by atoms with Crippen LogP contribution in [0.3, 0.4) is 0 Å². The molecule has 4 rings (SSSR count). The van der Waals surface area contributed by atoms with Crippen molar-refractivity contribution in [2.45, 2.75) is 88.3 Å². The van der Waals surface area contributed by atoms with Gasteiger partial charge in [-0.25, -0.2) is 0 Å². The monoisotopic (exact) mass is 376 g/mol. The Morgan fingerprint density at radius 1 is 1.07 bits per heavy atom. The molecular formula is C22H32O5. The molecule has 0 amide bonds. The number of fused-ring (bicyclic) bond motifs is 5. The topological polar surface area (TPSA) is 79.3 Å². The van der Waals surface area contributed by atoms with Crippen LogP contribution in [0.4, 0.5) is 0 Å². The van der Waals surface area contributed by atoms with E-state index in [4.69, 9.17) is 14.6 Å². The van der Waals surface area contributed by atoms with E-state index in [-0.39, 0.29) is 36.9 Å². The van der Waals surface area contributed by atoms with Gasteiger partial charge in [0.2, 0.25) is 0 Å². The molecule has 5 heteroatoms. The summed E-state index contributed by atoms with van der Waals surface area (Å²) in [6.45, 7) is 0. The Hall–Kier alpha value is -1.17. The highest BCUT2D eigenvalue weighted by molar-refractivity contribution is 5.66. The molecule has 0 spiro atoms. The number of hydrogen-bond donors (Lipinski definition) is 2. The van der Waals surface area contributed by atoms with Crippen LogP contribution in [-0.4, -0.2) is 46.7 Å². The lowest BCUT2D eigenvalue weighted by Gasteiger charge is -2.23. The highest BCUT2D eigenvalue weighted by Gasteiger charge is 2.68. The molecule has 0 aromatic rings. The summed E-state index contributed by atoms with van der Waals surface area (Å²) in [4.78, 5) is 10.6. The second-order valence-corrected chi connectivity index (χ2v) is 8.70. The number of carboxylic acids is 1. The molecule has 27 heavy (non-hydrogen) atoms. The average Bonchev–Trinajstić information content (AvgIpc) is 2.98. The number of epoxide rings is 1. The van der Waals surface area contributed by atoms with E-state index in [1.165, 1.54) is 25.7 Å². The van der Waals surface area contributed by atoms with Crippen molar-refractivity contribution >= 4 is 5.97 Å². The molecule has 0 aromatic carbocycles. The Kier molecular flexibility index (Phi) is 6.00. The van der Waals surface area contributed by atoms with Crippen LogP contribution in [-0.2, 0) is 14.3 Å². The first-order valence-corrected chi connectivity index (χ1v) is 10.7. The number of rotatable bonds is 10. The van der Waals surface area contributed by atoms with Crippen LogP contribution in [0.2, 0.25) is 0 Å². The van der Waals surface area contributed by atoms with Crippen LogP contribution < -0.4 is 0 Å². The van der Waals surface area contributed by atoms with Gasteiger partial charge in [-0.05, 0) is 31.6 Å². The minimum Gasteiger partial charge on any atom is -0.481 e. The third-order valence-electron chi connectivity index (χ3n) is 6.76. The van der Waals surface area contributed by atoms with Crippen molar-refractivity contribution in [2.24, 2.45) is 17.8 Å². The zero-order chi connectivity index (χ0) is 18.8. The lowest BCUT2D eigenvalue weighted by atomic mass is 9.77. The van der Waals surface area contributed by atoms with Gasteiger partial charge < -0.3 is 19.7 Å². The van der Waals surface area contributed by atoms with E-state index in [1.54, 1.807) is 0 Å². The van der Waals surface area contributed by atoms with Crippen LogP contribution in [0.15, 0.2) is 24.3 Å². The van der Waals surface area contributed by atoms with Gasteiger partial charge >= 0.3 is 5.97 Å².